The van der Waals surface area contributed by atoms with Crippen molar-refractivity contribution in [3.05, 3.63) is 80.6 Å². The summed E-state index contributed by atoms with van der Waals surface area (Å²) in [6.45, 7) is 1.86. The predicted octanol–water partition coefficient (Wildman–Crippen LogP) is 4.30. The highest BCUT2D eigenvalue weighted by molar-refractivity contribution is 7.13. The van der Waals surface area contributed by atoms with Crippen molar-refractivity contribution in [2.24, 2.45) is 0 Å². The lowest BCUT2D eigenvalue weighted by molar-refractivity contribution is 0.0784. The molecule has 0 bridgehead atoms. The lowest BCUT2D eigenvalue weighted by Gasteiger charge is -2.20. The fourth-order valence-corrected chi connectivity index (χ4v) is 5.57. The number of carbonyl (C=O) groups is 1. The van der Waals surface area contributed by atoms with E-state index in [0.29, 0.717) is 10.7 Å². The van der Waals surface area contributed by atoms with Gasteiger partial charge in [0.05, 0.1) is 14.2 Å². The van der Waals surface area contributed by atoms with E-state index in [0.717, 1.165) is 16.7 Å². The Balaban J connectivity index is 1.65. The Labute approximate surface area is 225 Å². The molecular weight excluding hydrogens is 530 g/mol. The molecule has 202 valence electrons. The fourth-order valence-electron chi connectivity index (χ4n) is 4.80. The van der Waals surface area contributed by atoms with Crippen molar-refractivity contribution in [2.45, 2.75) is 19.3 Å². The van der Waals surface area contributed by atoms with E-state index in [4.69, 9.17) is 9.47 Å². The number of halogens is 2. The number of aryl methyl sites for hydroxylation is 1. The first kappa shape index (κ1) is 26.3. The molecule has 0 spiro atoms. The molecule has 1 N–H and O–H groups in total. The third-order valence-corrected chi connectivity index (χ3v) is 7.55. The largest absolute Gasteiger partial charge is 0.494 e. The summed E-state index contributed by atoms with van der Waals surface area (Å²) < 4.78 is 40.9. The van der Waals surface area contributed by atoms with Crippen LogP contribution in [0.5, 0.6) is 17.4 Å². The van der Waals surface area contributed by atoms with Crippen LogP contribution in [0.15, 0.2) is 46.6 Å². The normalized spacial score (nSPS) is 15.0. The number of carbonyl (C=O) groups excluding carboxylic acids is 1. The summed E-state index contributed by atoms with van der Waals surface area (Å²) in [5.41, 5.74) is -0.732. The van der Waals surface area contributed by atoms with Gasteiger partial charge in [0.2, 0.25) is 5.88 Å². The Hall–Kier alpha value is -4.32. The lowest BCUT2D eigenvalue weighted by Crippen LogP contribution is -2.36. The molecule has 5 rings (SSSR count). The van der Waals surface area contributed by atoms with Crippen molar-refractivity contribution in [3.8, 4) is 33.9 Å². The number of benzene rings is 2. The molecule has 12 heteroatoms. The Kier molecular flexibility index (Phi) is 7.04. The molecule has 3 heterocycles. The van der Waals surface area contributed by atoms with Gasteiger partial charge in [-0.05, 0) is 37.6 Å². The van der Waals surface area contributed by atoms with E-state index < -0.39 is 40.5 Å². The zero-order valence-electron chi connectivity index (χ0n) is 21.3. The van der Waals surface area contributed by atoms with Gasteiger partial charge in [-0.3, -0.25) is 14.2 Å². The molecule has 9 nitrogen and oxygen atoms in total. The van der Waals surface area contributed by atoms with Crippen LogP contribution in [-0.2, 0) is 0 Å². The lowest BCUT2D eigenvalue weighted by atomic mass is 9.97. The van der Waals surface area contributed by atoms with Crippen LogP contribution in [0.25, 0.3) is 16.5 Å². The fraction of sp³-hybridized carbons (Fsp3) is 0.259. The molecule has 0 radical (unpaired) electrons. The number of ether oxygens (including phenoxy) is 2. The monoisotopic (exact) mass is 554 g/mol. The molecule has 4 aromatic rings. The van der Waals surface area contributed by atoms with Crippen LogP contribution < -0.4 is 15.0 Å². The zero-order chi connectivity index (χ0) is 27.8. The summed E-state index contributed by atoms with van der Waals surface area (Å²) in [6.07, 6.45) is 0.281. The maximum Gasteiger partial charge on any atom is 0.275 e. The maximum atomic E-state index is 14.4. The Morgan fingerprint density at radius 3 is 2.31 bits per heavy atom. The Morgan fingerprint density at radius 1 is 1.08 bits per heavy atom. The third kappa shape index (κ3) is 4.60. The number of para-hydroxylation sites is 1. The molecule has 1 saturated heterocycles. The van der Waals surface area contributed by atoms with E-state index in [9.17, 15) is 23.5 Å². The topological polar surface area (TPSA) is 107 Å². The van der Waals surface area contributed by atoms with Gasteiger partial charge in [-0.25, -0.2) is 13.8 Å². The summed E-state index contributed by atoms with van der Waals surface area (Å²) in [6, 6.07) is 8.50. The van der Waals surface area contributed by atoms with Crippen molar-refractivity contribution in [1.82, 2.24) is 19.4 Å². The standard InChI is InChI=1S/C27H24F2N4O5S/c1-14-13-39-25(30-14)23-31-24(34)21(27(36)33(23)22-18(37-2)8-5-9-19(22)38-3)26(35)32-11-10-15(12-32)20-16(28)6-4-7-17(20)29/h4-9,13,15,34H,10-12H2,1-3H3. The molecule has 1 unspecified atom stereocenters. The maximum absolute atomic E-state index is 14.4. The van der Waals surface area contributed by atoms with Crippen molar-refractivity contribution in [3.63, 3.8) is 0 Å². The number of rotatable bonds is 6. The molecule has 2 aromatic carbocycles. The van der Waals surface area contributed by atoms with Crippen molar-refractivity contribution in [1.29, 1.82) is 0 Å². The summed E-state index contributed by atoms with van der Waals surface area (Å²) in [7, 11) is 2.84. The number of hydrogen-bond acceptors (Lipinski definition) is 8. The summed E-state index contributed by atoms with van der Waals surface area (Å²) in [4.78, 5) is 37.6. The number of nitrogens with zero attached hydrogens (tertiary/aromatic N) is 4. The molecule has 0 saturated carbocycles. The molecule has 2 aromatic heterocycles. The van der Waals surface area contributed by atoms with E-state index in [-0.39, 0.29) is 48.1 Å². The van der Waals surface area contributed by atoms with Gasteiger partial charge in [0.15, 0.2) is 16.4 Å². The Morgan fingerprint density at radius 2 is 1.72 bits per heavy atom. The van der Waals surface area contributed by atoms with E-state index in [1.165, 1.54) is 36.5 Å². The van der Waals surface area contributed by atoms with E-state index in [1.54, 1.807) is 30.5 Å². The Bertz CT molecular complexity index is 1590. The van der Waals surface area contributed by atoms with Crippen LogP contribution in [0.3, 0.4) is 0 Å². The zero-order valence-corrected chi connectivity index (χ0v) is 22.1. The van der Waals surface area contributed by atoms with Gasteiger partial charge in [-0.2, -0.15) is 4.98 Å². The molecule has 1 aliphatic rings. The van der Waals surface area contributed by atoms with E-state index in [1.807, 2.05) is 0 Å². The first-order valence-electron chi connectivity index (χ1n) is 12.0. The number of aromatic hydroxyl groups is 1. The van der Waals surface area contributed by atoms with Crippen molar-refractivity contribution in [2.75, 3.05) is 27.3 Å². The van der Waals surface area contributed by atoms with Crippen LogP contribution in [0.1, 0.15) is 34.0 Å². The van der Waals surface area contributed by atoms with Gasteiger partial charge < -0.3 is 19.5 Å². The second kappa shape index (κ2) is 10.4. The number of amides is 1. The van der Waals surface area contributed by atoms with Crippen LogP contribution in [0, 0.1) is 18.6 Å². The highest BCUT2D eigenvalue weighted by Gasteiger charge is 2.35. The second-order valence-corrected chi connectivity index (χ2v) is 9.81. The quantitative estimate of drug-likeness (QED) is 0.379. The molecule has 1 amide bonds. The van der Waals surface area contributed by atoms with Crippen molar-refractivity contribution < 1.29 is 28.2 Å². The van der Waals surface area contributed by atoms with Gasteiger partial charge in [-0.1, -0.05) is 12.1 Å². The van der Waals surface area contributed by atoms with Gasteiger partial charge in [0, 0.05) is 35.6 Å². The van der Waals surface area contributed by atoms with Gasteiger partial charge in [-0.15, -0.1) is 11.3 Å². The molecule has 1 atom stereocenters. The van der Waals surface area contributed by atoms with E-state index >= 15 is 0 Å². The first-order chi connectivity index (χ1) is 18.7. The summed E-state index contributed by atoms with van der Waals surface area (Å²) >= 11 is 1.20. The van der Waals surface area contributed by atoms with E-state index in [2.05, 4.69) is 9.97 Å². The third-order valence-electron chi connectivity index (χ3n) is 6.60. The number of likely N-dealkylation sites (tertiary alicyclic amines) is 1. The highest BCUT2D eigenvalue weighted by atomic mass is 32.1. The second-order valence-electron chi connectivity index (χ2n) is 8.95. The number of thiazole rings is 1. The van der Waals surface area contributed by atoms with Crippen molar-refractivity contribution >= 4 is 17.2 Å². The van der Waals surface area contributed by atoms with Gasteiger partial charge in [0.1, 0.15) is 28.8 Å². The minimum absolute atomic E-state index is 0.0114. The van der Waals surface area contributed by atoms with Crippen LogP contribution in [-0.4, -0.2) is 57.8 Å². The SMILES string of the molecule is COc1cccc(OC)c1-n1c(-c2nc(C)cs2)nc(O)c(C(=O)N2CCC(c3c(F)cccc3F)C2)c1=O. The molecular formula is C27H24F2N4O5S. The molecule has 1 fully saturated rings. The van der Waals surface area contributed by atoms with Crippen LogP contribution >= 0.6 is 11.3 Å². The summed E-state index contributed by atoms with van der Waals surface area (Å²) in [5, 5.41) is 13.0. The predicted molar refractivity (Wildman–Crippen MR) is 140 cm³/mol. The van der Waals surface area contributed by atoms with Gasteiger partial charge >= 0.3 is 0 Å². The minimum Gasteiger partial charge on any atom is -0.494 e. The average Bonchev–Trinajstić information content (AvgIpc) is 3.57. The minimum atomic E-state index is -0.876. The van der Waals surface area contributed by atoms with Gasteiger partial charge in [0.25, 0.3) is 11.5 Å². The average molecular weight is 555 g/mol. The molecule has 1 aliphatic heterocycles. The number of methoxy groups -OCH3 is 2. The number of hydrogen-bond donors (Lipinski definition) is 1. The smallest absolute Gasteiger partial charge is 0.275 e. The summed E-state index contributed by atoms with van der Waals surface area (Å²) in [5.74, 6) is -3.10. The van der Waals surface area contributed by atoms with Crippen LogP contribution in [0.2, 0.25) is 0 Å². The van der Waals surface area contributed by atoms with Crippen LogP contribution in [0.4, 0.5) is 8.78 Å². The first-order valence-corrected chi connectivity index (χ1v) is 12.9. The molecule has 39 heavy (non-hydrogen) atoms. The highest BCUT2D eigenvalue weighted by Crippen LogP contribution is 2.37. The number of aromatic nitrogens is 3. The molecule has 0 aliphatic carbocycles.